The van der Waals surface area contributed by atoms with Crippen molar-refractivity contribution < 1.29 is 28.9 Å². The van der Waals surface area contributed by atoms with Crippen molar-refractivity contribution in [3.8, 4) is 0 Å². The molecule has 8 nitrogen and oxygen atoms in total. The lowest BCUT2D eigenvalue weighted by Gasteiger charge is -2.21. The Morgan fingerprint density at radius 3 is 1.40 bits per heavy atom. The molecule has 0 bridgehead atoms. The SMILES string of the molecule is CCN(CC)c1ccc(C(/C=C/C=C(\c2ccc(N(C)C)cc2)c2ccc(N(CC)CC)cc2)=C2C=CC(=N)C=C2)cc1.[O-][Cl+3]([O-])([O-])O. The van der Waals surface area contributed by atoms with Crippen LogP contribution in [0, 0.1) is 15.7 Å². The van der Waals surface area contributed by atoms with E-state index in [0.717, 1.165) is 42.9 Å². The number of hydrogen-bond donors (Lipinski definition) is 2. The molecule has 9 heteroatoms. The molecule has 0 spiro atoms. The lowest BCUT2D eigenvalue weighted by Crippen LogP contribution is -2.58. The summed E-state index contributed by atoms with van der Waals surface area (Å²) in [6.45, 7) is 12.7. The summed E-state index contributed by atoms with van der Waals surface area (Å²) < 4.78 is 32.7. The Bertz CT molecular complexity index is 1600. The highest BCUT2D eigenvalue weighted by molar-refractivity contribution is 6.04. The molecule has 254 valence electrons. The smallest absolute Gasteiger partial charge is 0.0777 e. The van der Waals surface area contributed by atoms with Crippen LogP contribution in [0.2, 0.25) is 0 Å². The highest BCUT2D eigenvalue weighted by Gasteiger charge is 2.10. The first-order valence-corrected chi connectivity index (χ1v) is 17.3. The zero-order chi connectivity index (χ0) is 35.3. The van der Waals surface area contributed by atoms with Gasteiger partial charge in [0.05, 0.1) is 20.6 Å². The van der Waals surface area contributed by atoms with Gasteiger partial charge in [0, 0.05) is 57.3 Å². The summed E-state index contributed by atoms with van der Waals surface area (Å²) in [5, 5.41) is 8.00. The number of benzene rings is 3. The Kier molecular flexibility index (Phi) is 14.4. The maximum atomic E-state index is 8.60. The van der Waals surface area contributed by atoms with Crippen molar-refractivity contribution in [2.45, 2.75) is 27.7 Å². The van der Waals surface area contributed by atoms with Gasteiger partial charge in [-0.15, -0.1) is 0 Å². The van der Waals surface area contributed by atoms with Crippen molar-refractivity contribution in [1.29, 1.82) is 5.41 Å². The van der Waals surface area contributed by atoms with Gasteiger partial charge in [0.1, 0.15) is 0 Å². The molecule has 1 aliphatic rings. The van der Waals surface area contributed by atoms with Crippen molar-refractivity contribution in [2.75, 3.05) is 55.0 Å². The van der Waals surface area contributed by atoms with Crippen LogP contribution < -0.4 is 28.7 Å². The van der Waals surface area contributed by atoms with E-state index >= 15 is 0 Å². The lowest BCUT2D eigenvalue weighted by molar-refractivity contribution is -1.92. The van der Waals surface area contributed by atoms with Gasteiger partial charge in [0.25, 0.3) is 0 Å². The Balaban J connectivity index is 0.00000116. The molecule has 48 heavy (non-hydrogen) atoms. The fourth-order valence-corrected chi connectivity index (χ4v) is 5.43. The number of rotatable bonds is 12. The maximum Gasteiger partial charge on any atom is 0.0777 e. The molecule has 0 amide bonds. The van der Waals surface area contributed by atoms with E-state index in [9.17, 15) is 0 Å². The second-order valence-corrected chi connectivity index (χ2v) is 12.0. The molecular formula is C39H47ClN4O4. The van der Waals surface area contributed by atoms with Crippen LogP contribution in [-0.4, -0.2) is 50.6 Å². The third kappa shape index (κ3) is 11.4. The molecule has 0 aliphatic heterocycles. The van der Waals surface area contributed by atoms with Crippen LogP contribution in [0.3, 0.4) is 0 Å². The van der Waals surface area contributed by atoms with E-state index in [0.29, 0.717) is 5.71 Å². The number of halogens is 1. The molecule has 3 aromatic rings. The van der Waals surface area contributed by atoms with Crippen molar-refractivity contribution >= 4 is 33.9 Å². The number of hydrogen-bond acceptors (Lipinski definition) is 8. The van der Waals surface area contributed by atoms with Gasteiger partial charge in [-0.25, -0.2) is 0 Å². The van der Waals surface area contributed by atoms with Crippen molar-refractivity contribution in [1.82, 2.24) is 0 Å². The van der Waals surface area contributed by atoms with Gasteiger partial charge in [-0.3, -0.25) is 0 Å². The second kappa shape index (κ2) is 18.2. The molecule has 0 heterocycles. The minimum absolute atomic E-state index is 0.514. The van der Waals surface area contributed by atoms with E-state index in [-0.39, 0.29) is 0 Å². The standard InChI is InChI=1S/C39H46N4.ClHO4/c1-7-42(8-2)36-26-18-32(19-27-36)38(30-14-22-34(40)23-15-30)12-11-13-39(31-16-24-35(25-17-31)41(5)6)33-20-28-37(29-21-33)43(9-3)10-4;2-1(3,4)5/h11-29,40H,7-10H2,1-6H3;(H,2,3,4,5)/b12-11+,38-30?,39-13+,40-34?;. The average molecular weight is 671 g/mol. The summed E-state index contributed by atoms with van der Waals surface area (Å²) >= 11 is 0. The third-order valence-electron chi connectivity index (χ3n) is 8.03. The van der Waals surface area contributed by atoms with Gasteiger partial charge in [0.15, 0.2) is 0 Å². The summed E-state index contributed by atoms with van der Waals surface area (Å²) in [7, 11) is -0.556. The van der Waals surface area contributed by atoms with Gasteiger partial charge in [-0.1, -0.05) is 66.8 Å². The molecule has 0 aromatic heterocycles. The molecular weight excluding hydrogens is 624 g/mol. The van der Waals surface area contributed by atoms with Gasteiger partial charge in [-0.2, -0.15) is 14.0 Å². The Hall–Kier alpha value is -4.44. The Morgan fingerprint density at radius 1 is 0.646 bits per heavy atom. The molecule has 0 unspecified atom stereocenters. The second-order valence-electron chi connectivity index (χ2n) is 11.2. The van der Waals surface area contributed by atoms with Gasteiger partial charge in [0.2, 0.25) is 0 Å². The number of nitrogens with one attached hydrogen (secondary N) is 1. The van der Waals surface area contributed by atoms with Crippen molar-refractivity contribution in [3.63, 3.8) is 0 Å². The minimum atomic E-state index is -4.69. The normalized spacial score (nSPS) is 13.0. The Morgan fingerprint density at radius 2 is 1.02 bits per heavy atom. The highest BCUT2D eigenvalue weighted by atomic mass is 35.7. The molecule has 0 radical (unpaired) electrons. The first-order valence-electron chi connectivity index (χ1n) is 16.1. The Labute approximate surface area is 287 Å². The van der Waals surface area contributed by atoms with E-state index in [4.69, 9.17) is 24.0 Å². The summed E-state index contributed by atoms with van der Waals surface area (Å²) in [6.07, 6.45) is 14.4. The van der Waals surface area contributed by atoms with Crippen molar-refractivity contribution in [2.24, 2.45) is 0 Å². The molecule has 3 aromatic carbocycles. The molecule has 0 atom stereocenters. The fourth-order valence-electron chi connectivity index (χ4n) is 5.43. The van der Waals surface area contributed by atoms with E-state index in [1.165, 1.54) is 33.8 Å². The predicted molar refractivity (Wildman–Crippen MR) is 192 cm³/mol. The van der Waals surface area contributed by atoms with Crippen LogP contribution in [0.5, 0.6) is 0 Å². The number of anilines is 3. The number of nitrogens with zero attached hydrogens (tertiary/aromatic N) is 3. The highest BCUT2D eigenvalue weighted by Crippen LogP contribution is 2.30. The molecule has 0 saturated carbocycles. The molecule has 4 rings (SSSR count). The first-order chi connectivity index (χ1) is 22.9. The monoisotopic (exact) mass is 670 g/mol. The minimum Gasteiger partial charge on any atom is -0.378 e. The van der Waals surface area contributed by atoms with Crippen LogP contribution in [0.1, 0.15) is 44.4 Å². The van der Waals surface area contributed by atoms with Crippen LogP contribution in [0.4, 0.5) is 17.1 Å². The average Bonchev–Trinajstić information content (AvgIpc) is 3.07. The zero-order valence-corrected chi connectivity index (χ0v) is 29.4. The quantitative estimate of drug-likeness (QED) is 0.263. The fraction of sp³-hybridized carbons (Fsp3) is 0.256. The summed E-state index contributed by atoms with van der Waals surface area (Å²) in [5.41, 5.74) is 11.1. The van der Waals surface area contributed by atoms with Crippen LogP contribution in [0.15, 0.2) is 121 Å². The van der Waals surface area contributed by atoms with E-state index in [2.05, 4.69) is 148 Å². The van der Waals surface area contributed by atoms with Gasteiger partial charge >= 0.3 is 0 Å². The lowest BCUT2D eigenvalue weighted by atomic mass is 9.94. The maximum absolute atomic E-state index is 8.60. The van der Waals surface area contributed by atoms with Crippen molar-refractivity contribution in [3.05, 3.63) is 138 Å². The summed E-state index contributed by atoms with van der Waals surface area (Å²) in [6, 6.07) is 26.5. The number of allylic oxidation sites excluding steroid dienone is 9. The predicted octanol–water partition coefficient (Wildman–Crippen LogP) is 4.91. The molecule has 1 aliphatic carbocycles. The van der Waals surface area contributed by atoms with Crippen LogP contribution >= 0.6 is 0 Å². The first kappa shape index (κ1) is 38.0. The molecule has 2 N–H and O–H groups in total. The topological polar surface area (TPSA) is 123 Å². The zero-order valence-electron chi connectivity index (χ0n) is 28.7. The molecule has 0 fully saturated rings. The summed E-state index contributed by atoms with van der Waals surface area (Å²) in [4.78, 5) is 6.85. The van der Waals surface area contributed by atoms with Crippen LogP contribution in [0.25, 0.3) is 11.1 Å². The van der Waals surface area contributed by atoms with Gasteiger partial charge in [-0.05, 0) is 110 Å². The largest absolute Gasteiger partial charge is 0.378 e. The van der Waals surface area contributed by atoms with E-state index in [1.807, 2.05) is 24.3 Å². The van der Waals surface area contributed by atoms with E-state index < -0.39 is 10.2 Å². The van der Waals surface area contributed by atoms with Gasteiger partial charge < -0.3 is 20.1 Å². The molecule has 0 saturated heterocycles. The third-order valence-corrected chi connectivity index (χ3v) is 8.03. The van der Waals surface area contributed by atoms with Crippen LogP contribution in [-0.2, 0) is 0 Å². The summed E-state index contributed by atoms with van der Waals surface area (Å²) in [5.74, 6) is 0. The van der Waals surface area contributed by atoms with E-state index in [1.54, 1.807) is 0 Å².